The van der Waals surface area contributed by atoms with Crippen molar-refractivity contribution in [2.75, 3.05) is 6.54 Å². The van der Waals surface area contributed by atoms with E-state index in [1.807, 2.05) is 0 Å². The van der Waals surface area contributed by atoms with Gasteiger partial charge >= 0.3 is 0 Å². The molecule has 0 aliphatic carbocycles. The zero-order valence-electron chi connectivity index (χ0n) is 11.1. The Hall–Kier alpha value is -1.35. The monoisotopic (exact) mass is 231 g/mol. The standard InChI is InChI=1S/C14H21N3/c1-5-15-9-12-6-7-14-13(8-12)16-11(4)17(14)10(2)3/h6-8,10,15H,5,9H2,1-4H3. The fourth-order valence-corrected chi connectivity index (χ4v) is 2.30. The molecule has 1 aromatic heterocycles. The molecule has 3 nitrogen and oxygen atoms in total. The molecule has 2 rings (SSSR count). The molecule has 0 fully saturated rings. The predicted octanol–water partition coefficient (Wildman–Crippen LogP) is 3.04. The van der Waals surface area contributed by atoms with E-state index < -0.39 is 0 Å². The molecule has 2 aromatic rings. The lowest BCUT2D eigenvalue weighted by atomic mass is 10.2. The van der Waals surface area contributed by atoms with Crippen molar-refractivity contribution < 1.29 is 0 Å². The van der Waals surface area contributed by atoms with Crippen LogP contribution < -0.4 is 5.32 Å². The third kappa shape index (κ3) is 2.34. The fraction of sp³-hybridized carbons (Fsp3) is 0.500. The second-order valence-electron chi connectivity index (χ2n) is 4.73. The van der Waals surface area contributed by atoms with Gasteiger partial charge in [-0.2, -0.15) is 0 Å². The van der Waals surface area contributed by atoms with Gasteiger partial charge in [-0.1, -0.05) is 13.0 Å². The van der Waals surface area contributed by atoms with Gasteiger partial charge in [0.1, 0.15) is 5.82 Å². The lowest BCUT2D eigenvalue weighted by Crippen LogP contribution is -2.11. The van der Waals surface area contributed by atoms with E-state index in [1.54, 1.807) is 0 Å². The summed E-state index contributed by atoms with van der Waals surface area (Å²) in [5.74, 6) is 1.09. The molecule has 0 saturated heterocycles. The van der Waals surface area contributed by atoms with Crippen molar-refractivity contribution in [3.05, 3.63) is 29.6 Å². The van der Waals surface area contributed by atoms with E-state index in [2.05, 4.69) is 60.8 Å². The van der Waals surface area contributed by atoms with E-state index in [9.17, 15) is 0 Å². The molecule has 0 amide bonds. The molecule has 0 unspecified atom stereocenters. The normalized spacial score (nSPS) is 11.6. The molecule has 0 radical (unpaired) electrons. The Balaban J connectivity index is 2.43. The quantitative estimate of drug-likeness (QED) is 0.876. The summed E-state index contributed by atoms with van der Waals surface area (Å²) in [7, 11) is 0. The minimum atomic E-state index is 0.458. The van der Waals surface area contributed by atoms with Gasteiger partial charge in [-0.15, -0.1) is 0 Å². The number of nitrogens with one attached hydrogen (secondary N) is 1. The molecule has 1 aromatic carbocycles. The van der Waals surface area contributed by atoms with Gasteiger partial charge < -0.3 is 9.88 Å². The molecule has 17 heavy (non-hydrogen) atoms. The first-order valence-electron chi connectivity index (χ1n) is 6.31. The largest absolute Gasteiger partial charge is 0.326 e. The molecule has 3 heteroatoms. The van der Waals surface area contributed by atoms with Gasteiger partial charge in [0.2, 0.25) is 0 Å². The molecule has 0 saturated carbocycles. The van der Waals surface area contributed by atoms with Gasteiger partial charge in [0.25, 0.3) is 0 Å². The highest BCUT2D eigenvalue weighted by Crippen LogP contribution is 2.21. The van der Waals surface area contributed by atoms with Gasteiger partial charge in [-0.25, -0.2) is 4.98 Å². The SMILES string of the molecule is CCNCc1ccc2c(c1)nc(C)n2C(C)C. The van der Waals surface area contributed by atoms with Gasteiger partial charge in [-0.05, 0) is 45.0 Å². The summed E-state index contributed by atoms with van der Waals surface area (Å²) >= 11 is 0. The van der Waals surface area contributed by atoms with Gasteiger partial charge in [0, 0.05) is 12.6 Å². The number of aryl methyl sites for hydroxylation is 1. The number of aromatic nitrogens is 2. The summed E-state index contributed by atoms with van der Waals surface area (Å²) in [4.78, 5) is 4.64. The first kappa shape index (κ1) is 12.1. The van der Waals surface area contributed by atoms with Crippen molar-refractivity contribution in [2.45, 2.75) is 40.3 Å². The molecule has 0 atom stereocenters. The maximum Gasteiger partial charge on any atom is 0.106 e. The van der Waals surface area contributed by atoms with Crippen LogP contribution in [0.15, 0.2) is 18.2 Å². The summed E-state index contributed by atoms with van der Waals surface area (Å²) < 4.78 is 2.28. The zero-order valence-corrected chi connectivity index (χ0v) is 11.1. The lowest BCUT2D eigenvalue weighted by Gasteiger charge is -2.10. The summed E-state index contributed by atoms with van der Waals surface area (Å²) in [5, 5.41) is 3.34. The lowest BCUT2D eigenvalue weighted by molar-refractivity contribution is 0.600. The highest BCUT2D eigenvalue weighted by atomic mass is 15.1. The second kappa shape index (κ2) is 4.88. The topological polar surface area (TPSA) is 29.9 Å². The van der Waals surface area contributed by atoms with Crippen LogP contribution in [0.25, 0.3) is 11.0 Å². The first-order valence-corrected chi connectivity index (χ1v) is 6.31. The van der Waals surface area contributed by atoms with Crippen LogP contribution in [0.4, 0.5) is 0 Å². The Bertz CT molecular complexity index is 511. The van der Waals surface area contributed by atoms with Crippen LogP contribution >= 0.6 is 0 Å². The number of hydrogen-bond acceptors (Lipinski definition) is 2. The number of benzene rings is 1. The summed E-state index contributed by atoms with van der Waals surface area (Å²) in [6.45, 7) is 10.5. The van der Waals surface area contributed by atoms with Gasteiger partial charge in [0.05, 0.1) is 11.0 Å². The molecule has 1 heterocycles. The highest BCUT2D eigenvalue weighted by molar-refractivity contribution is 5.77. The van der Waals surface area contributed by atoms with Crippen LogP contribution in [0.3, 0.4) is 0 Å². The summed E-state index contributed by atoms with van der Waals surface area (Å²) in [6.07, 6.45) is 0. The summed E-state index contributed by atoms with van der Waals surface area (Å²) in [5.41, 5.74) is 3.64. The van der Waals surface area contributed by atoms with E-state index in [1.165, 1.54) is 11.1 Å². The first-order chi connectivity index (χ1) is 8.13. The highest BCUT2D eigenvalue weighted by Gasteiger charge is 2.09. The number of fused-ring (bicyclic) bond motifs is 1. The Morgan fingerprint density at radius 3 is 2.76 bits per heavy atom. The van der Waals surface area contributed by atoms with Gasteiger partial charge in [0.15, 0.2) is 0 Å². The Labute approximate surface area is 103 Å². The Kier molecular flexibility index (Phi) is 3.48. The minimum absolute atomic E-state index is 0.458. The molecule has 0 spiro atoms. The predicted molar refractivity (Wildman–Crippen MR) is 72.2 cm³/mol. The molecular formula is C14H21N3. The van der Waals surface area contributed by atoms with Crippen LogP contribution in [0.2, 0.25) is 0 Å². The fourth-order valence-electron chi connectivity index (χ4n) is 2.30. The maximum absolute atomic E-state index is 4.64. The average Bonchev–Trinajstić information content (AvgIpc) is 2.61. The van der Waals surface area contributed by atoms with Crippen LogP contribution in [-0.4, -0.2) is 16.1 Å². The smallest absolute Gasteiger partial charge is 0.106 e. The van der Waals surface area contributed by atoms with E-state index in [0.29, 0.717) is 6.04 Å². The van der Waals surface area contributed by atoms with Crippen LogP contribution in [0, 0.1) is 6.92 Å². The molecule has 0 aliphatic rings. The van der Waals surface area contributed by atoms with Crippen LogP contribution in [-0.2, 0) is 6.54 Å². The van der Waals surface area contributed by atoms with Crippen molar-refractivity contribution in [2.24, 2.45) is 0 Å². The van der Waals surface area contributed by atoms with Crippen molar-refractivity contribution in [1.82, 2.24) is 14.9 Å². The molecule has 1 N–H and O–H groups in total. The molecule has 92 valence electrons. The Morgan fingerprint density at radius 1 is 1.35 bits per heavy atom. The van der Waals surface area contributed by atoms with Crippen molar-refractivity contribution >= 4 is 11.0 Å². The second-order valence-corrected chi connectivity index (χ2v) is 4.73. The van der Waals surface area contributed by atoms with Crippen LogP contribution in [0.1, 0.15) is 38.2 Å². The molecule has 0 aliphatic heterocycles. The summed E-state index contributed by atoms with van der Waals surface area (Å²) in [6, 6.07) is 7.01. The average molecular weight is 231 g/mol. The van der Waals surface area contributed by atoms with E-state index in [0.717, 1.165) is 24.4 Å². The van der Waals surface area contributed by atoms with Crippen molar-refractivity contribution in [1.29, 1.82) is 0 Å². The minimum Gasteiger partial charge on any atom is -0.326 e. The third-order valence-corrected chi connectivity index (χ3v) is 3.03. The third-order valence-electron chi connectivity index (χ3n) is 3.03. The number of rotatable bonds is 4. The number of imidazole rings is 1. The number of hydrogen-bond donors (Lipinski definition) is 1. The van der Waals surface area contributed by atoms with Crippen molar-refractivity contribution in [3.63, 3.8) is 0 Å². The van der Waals surface area contributed by atoms with E-state index in [-0.39, 0.29) is 0 Å². The molecular weight excluding hydrogens is 210 g/mol. The maximum atomic E-state index is 4.64. The van der Waals surface area contributed by atoms with Crippen LogP contribution in [0.5, 0.6) is 0 Å². The molecule has 0 bridgehead atoms. The zero-order chi connectivity index (χ0) is 12.4. The number of nitrogens with zero attached hydrogens (tertiary/aromatic N) is 2. The van der Waals surface area contributed by atoms with Gasteiger partial charge in [-0.3, -0.25) is 0 Å². The van der Waals surface area contributed by atoms with E-state index in [4.69, 9.17) is 0 Å². The van der Waals surface area contributed by atoms with E-state index >= 15 is 0 Å². The Morgan fingerprint density at radius 2 is 2.12 bits per heavy atom. The van der Waals surface area contributed by atoms with Crippen molar-refractivity contribution in [3.8, 4) is 0 Å².